The van der Waals surface area contributed by atoms with Crippen LogP contribution in [0.25, 0.3) is 0 Å². The van der Waals surface area contributed by atoms with E-state index < -0.39 is 47.7 Å². The van der Waals surface area contributed by atoms with E-state index in [1.54, 1.807) is 37.4 Å². The summed E-state index contributed by atoms with van der Waals surface area (Å²) in [5, 5.41) is 2.82. The topological polar surface area (TPSA) is 32.3 Å². The molecule has 1 saturated heterocycles. The van der Waals surface area contributed by atoms with Crippen LogP contribution in [0.1, 0.15) is 36.1 Å². The summed E-state index contributed by atoms with van der Waals surface area (Å²) < 4.78 is 95.8. The molecule has 0 spiro atoms. The van der Waals surface area contributed by atoms with Crippen molar-refractivity contribution in [2.75, 3.05) is 30.0 Å². The monoisotopic (exact) mass is 508 g/mol. The molecule has 1 aliphatic heterocycles. The second-order valence-electron chi connectivity index (χ2n) is 8.26. The highest BCUT2D eigenvalue weighted by Gasteiger charge is 2.59. The van der Waals surface area contributed by atoms with Crippen LogP contribution in [-0.2, 0) is 16.4 Å². The van der Waals surface area contributed by atoms with Gasteiger partial charge >= 0.3 is 12.4 Å². The molecule has 0 bridgehead atoms. The third-order valence-corrected chi connectivity index (χ3v) is 6.60. The van der Waals surface area contributed by atoms with E-state index in [1.807, 2.05) is 0 Å². The third-order valence-electron chi connectivity index (χ3n) is 6.05. The minimum absolute atomic E-state index is 0.0441. The van der Waals surface area contributed by atoms with Crippen LogP contribution in [0.5, 0.6) is 0 Å². The number of nitrogens with zero attached hydrogens (tertiary/aromatic N) is 1. The second kappa shape index (κ2) is 9.67. The SMILES string of the molecule is CSCC(=O)NC(C)c1ccc(N2CCC(c3ccc(F)c(C(F)(F)F)c3)(C(F)(F)F)C2)cc1. The molecule has 1 aliphatic rings. The molecule has 11 heteroatoms. The maximum Gasteiger partial charge on any atom is 0.419 e. The minimum atomic E-state index is -5.11. The van der Waals surface area contributed by atoms with Crippen molar-refractivity contribution in [2.24, 2.45) is 0 Å². The van der Waals surface area contributed by atoms with E-state index in [2.05, 4.69) is 5.32 Å². The number of alkyl halides is 6. The van der Waals surface area contributed by atoms with Gasteiger partial charge in [-0.2, -0.15) is 38.1 Å². The van der Waals surface area contributed by atoms with E-state index >= 15 is 0 Å². The largest absolute Gasteiger partial charge is 0.419 e. The van der Waals surface area contributed by atoms with Crippen molar-refractivity contribution in [1.29, 1.82) is 0 Å². The molecule has 0 radical (unpaired) electrons. The normalized spacial score (nSPS) is 19.9. The third kappa shape index (κ3) is 5.29. The van der Waals surface area contributed by atoms with Crippen LogP contribution in [0, 0.1) is 5.82 Å². The van der Waals surface area contributed by atoms with Crippen molar-refractivity contribution >= 4 is 23.4 Å². The molecule has 0 saturated carbocycles. The molecule has 2 unspecified atom stereocenters. The first-order chi connectivity index (χ1) is 15.8. The van der Waals surface area contributed by atoms with Crippen LogP contribution in [0.3, 0.4) is 0 Å². The van der Waals surface area contributed by atoms with Gasteiger partial charge in [0.15, 0.2) is 0 Å². The smallest absolute Gasteiger partial charge is 0.370 e. The van der Waals surface area contributed by atoms with Crippen LogP contribution >= 0.6 is 11.8 Å². The molecule has 186 valence electrons. The van der Waals surface area contributed by atoms with Crippen molar-refractivity contribution in [1.82, 2.24) is 5.32 Å². The van der Waals surface area contributed by atoms with E-state index in [-0.39, 0.29) is 24.6 Å². The molecule has 1 N–H and O–H groups in total. The highest BCUT2D eigenvalue weighted by Crippen LogP contribution is 2.49. The Balaban J connectivity index is 1.86. The van der Waals surface area contributed by atoms with Gasteiger partial charge in [0.1, 0.15) is 11.2 Å². The highest BCUT2D eigenvalue weighted by molar-refractivity contribution is 7.99. The molecular formula is C23H23F7N2OS. The van der Waals surface area contributed by atoms with Gasteiger partial charge in [-0.25, -0.2) is 4.39 Å². The Hall–Kier alpha value is -2.43. The molecule has 3 nitrogen and oxygen atoms in total. The first-order valence-corrected chi connectivity index (χ1v) is 11.7. The van der Waals surface area contributed by atoms with Crippen LogP contribution in [0.15, 0.2) is 42.5 Å². The van der Waals surface area contributed by atoms with E-state index in [0.29, 0.717) is 17.5 Å². The first-order valence-electron chi connectivity index (χ1n) is 10.4. The lowest BCUT2D eigenvalue weighted by atomic mass is 9.78. The summed E-state index contributed by atoms with van der Waals surface area (Å²) in [7, 11) is 0. The van der Waals surface area contributed by atoms with Crippen molar-refractivity contribution in [2.45, 2.75) is 37.2 Å². The van der Waals surface area contributed by atoms with Crippen LogP contribution in [0.2, 0.25) is 0 Å². The van der Waals surface area contributed by atoms with E-state index in [1.165, 1.54) is 16.7 Å². The zero-order valence-corrected chi connectivity index (χ0v) is 19.2. The summed E-state index contributed by atoms with van der Waals surface area (Å²) in [6.45, 7) is 1.14. The van der Waals surface area contributed by atoms with Crippen molar-refractivity contribution < 1.29 is 35.5 Å². The number of hydrogen-bond acceptors (Lipinski definition) is 3. The highest BCUT2D eigenvalue weighted by atomic mass is 32.2. The van der Waals surface area contributed by atoms with Crippen LogP contribution < -0.4 is 10.2 Å². The average Bonchev–Trinajstić information content (AvgIpc) is 3.20. The lowest BCUT2D eigenvalue weighted by molar-refractivity contribution is -0.184. The van der Waals surface area contributed by atoms with Gasteiger partial charge in [0.25, 0.3) is 0 Å². The number of amides is 1. The van der Waals surface area contributed by atoms with Gasteiger partial charge in [0, 0.05) is 18.8 Å². The van der Waals surface area contributed by atoms with E-state index in [0.717, 1.165) is 11.6 Å². The Morgan fingerprint density at radius 2 is 1.76 bits per heavy atom. The fraction of sp³-hybridized carbons (Fsp3) is 0.435. The summed E-state index contributed by atoms with van der Waals surface area (Å²) in [4.78, 5) is 13.2. The fourth-order valence-corrected chi connectivity index (χ4v) is 4.52. The predicted molar refractivity (Wildman–Crippen MR) is 117 cm³/mol. The summed E-state index contributed by atoms with van der Waals surface area (Å²) >= 11 is 1.38. The van der Waals surface area contributed by atoms with Gasteiger partial charge < -0.3 is 10.2 Å². The molecule has 34 heavy (non-hydrogen) atoms. The number of nitrogens with one attached hydrogen (secondary N) is 1. The molecule has 2 aromatic rings. The molecule has 0 aliphatic carbocycles. The number of benzene rings is 2. The maximum atomic E-state index is 14.2. The molecule has 2 aromatic carbocycles. The number of thioether (sulfide) groups is 1. The zero-order chi connectivity index (χ0) is 25.3. The van der Waals surface area contributed by atoms with E-state index in [4.69, 9.17) is 0 Å². The number of rotatable bonds is 6. The Morgan fingerprint density at radius 1 is 1.12 bits per heavy atom. The van der Waals surface area contributed by atoms with Gasteiger partial charge in [0.05, 0.1) is 17.4 Å². The summed E-state index contributed by atoms with van der Waals surface area (Å²) in [5.74, 6) is -1.45. The number of halogens is 7. The first kappa shape index (κ1) is 26.2. The molecule has 1 heterocycles. The minimum Gasteiger partial charge on any atom is -0.370 e. The van der Waals surface area contributed by atoms with Gasteiger partial charge in [-0.15, -0.1) is 0 Å². The van der Waals surface area contributed by atoms with Gasteiger partial charge in [-0.1, -0.05) is 18.2 Å². The molecule has 1 amide bonds. The zero-order valence-electron chi connectivity index (χ0n) is 18.4. The van der Waals surface area contributed by atoms with Crippen LogP contribution in [0.4, 0.5) is 36.4 Å². The molecule has 1 fully saturated rings. The average molecular weight is 509 g/mol. The second-order valence-corrected chi connectivity index (χ2v) is 9.12. The quantitative estimate of drug-likeness (QED) is 0.479. The predicted octanol–water partition coefficient (Wildman–Crippen LogP) is 6.10. The molecule has 0 aromatic heterocycles. The summed E-state index contributed by atoms with van der Waals surface area (Å²) in [5.41, 5.74) is -3.67. The number of carbonyl (C=O) groups excluding carboxylic acids is 1. The summed E-state index contributed by atoms with van der Waals surface area (Å²) in [6.07, 6.45) is -8.63. The van der Waals surface area contributed by atoms with Crippen molar-refractivity contribution in [3.05, 3.63) is 65.0 Å². The lowest BCUT2D eigenvalue weighted by Gasteiger charge is -2.33. The Bertz CT molecular complexity index is 1020. The van der Waals surface area contributed by atoms with Gasteiger partial charge in [0.2, 0.25) is 5.91 Å². The fourth-order valence-electron chi connectivity index (χ4n) is 4.17. The van der Waals surface area contributed by atoms with E-state index in [9.17, 15) is 35.5 Å². The Morgan fingerprint density at radius 3 is 2.32 bits per heavy atom. The Kier molecular flexibility index (Phi) is 7.45. The summed E-state index contributed by atoms with van der Waals surface area (Å²) in [6, 6.07) is 7.80. The molecule has 3 rings (SSSR count). The molecule has 2 atom stereocenters. The number of anilines is 1. The molecular weight excluding hydrogens is 485 g/mol. The standard InChI is InChI=1S/C23H23F7N2OS/c1-14(31-20(33)12-34-2)15-3-6-17(7-4-15)32-10-9-21(13-32,23(28,29)30)16-5-8-19(24)18(11-16)22(25,26)27/h3-8,11,14H,9-10,12-13H2,1-2H3,(H,31,33). The van der Waals surface area contributed by atoms with Crippen molar-refractivity contribution in [3.63, 3.8) is 0 Å². The maximum absolute atomic E-state index is 14.2. The number of hydrogen-bond donors (Lipinski definition) is 1. The van der Waals surface area contributed by atoms with Crippen LogP contribution in [-0.4, -0.2) is 37.2 Å². The number of carbonyl (C=O) groups is 1. The van der Waals surface area contributed by atoms with Crippen molar-refractivity contribution in [3.8, 4) is 0 Å². The Labute approximate surface area is 196 Å². The lowest BCUT2D eigenvalue weighted by Crippen LogP contribution is -2.45. The van der Waals surface area contributed by atoms with Gasteiger partial charge in [-0.3, -0.25) is 4.79 Å². The van der Waals surface area contributed by atoms with Gasteiger partial charge in [-0.05, 0) is 55.0 Å².